The normalized spacial score (nSPS) is 28.3. The maximum atomic E-state index is 6.00. The van der Waals surface area contributed by atoms with Crippen LogP contribution >= 0.6 is 27.5 Å². The first-order chi connectivity index (χ1) is 8.74. The number of nitrogens with one attached hydrogen (secondary N) is 1. The van der Waals surface area contributed by atoms with E-state index in [4.69, 9.17) is 11.6 Å². The van der Waals surface area contributed by atoms with Gasteiger partial charge in [-0.25, -0.2) is 0 Å². The van der Waals surface area contributed by atoms with Gasteiger partial charge in [0.2, 0.25) is 0 Å². The second-order valence-electron chi connectivity index (χ2n) is 5.33. The number of piperidine rings is 1. The third-order valence-electron chi connectivity index (χ3n) is 4.18. The Balaban J connectivity index is 1.75. The number of hydrogen-bond acceptors (Lipinski definition) is 2. The highest BCUT2D eigenvalue weighted by Crippen LogP contribution is 2.30. The fraction of sp³-hybridized carbons (Fsp3) is 0.571. The zero-order chi connectivity index (χ0) is 12.5. The zero-order valence-corrected chi connectivity index (χ0v) is 12.7. The summed E-state index contributed by atoms with van der Waals surface area (Å²) < 4.78 is 1.13. The molecule has 18 heavy (non-hydrogen) atoms. The number of hydrogen-bond donors (Lipinski definition) is 1. The van der Waals surface area contributed by atoms with Crippen LogP contribution in [0.2, 0.25) is 5.02 Å². The summed E-state index contributed by atoms with van der Waals surface area (Å²) in [6.45, 7) is 4.59. The standard InChI is InChI=1S/C14H18BrClN2/c15-13-6-12(16)4-3-11(13)9-18-5-1-2-10-7-17-8-14(10)18/h3-4,6,10,14,17H,1-2,5,7-9H2. The summed E-state index contributed by atoms with van der Waals surface area (Å²) in [5, 5.41) is 4.33. The molecular formula is C14H18BrClN2. The Labute approximate surface area is 122 Å². The van der Waals surface area contributed by atoms with Gasteiger partial charge >= 0.3 is 0 Å². The van der Waals surface area contributed by atoms with Gasteiger partial charge < -0.3 is 5.32 Å². The van der Waals surface area contributed by atoms with Gasteiger partial charge in [0, 0.05) is 28.6 Å². The Bertz CT molecular complexity index is 438. The van der Waals surface area contributed by atoms with Gasteiger partial charge in [0.1, 0.15) is 0 Å². The Morgan fingerprint density at radius 3 is 3.11 bits per heavy atom. The topological polar surface area (TPSA) is 15.3 Å². The number of benzene rings is 1. The van der Waals surface area contributed by atoms with Crippen LogP contribution in [-0.4, -0.2) is 30.6 Å². The molecule has 1 N–H and O–H groups in total. The van der Waals surface area contributed by atoms with Crippen molar-refractivity contribution < 1.29 is 0 Å². The van der Waals surface area contributed by atoms with E-state index in [1.54, 1.807) is 0 Å². The summed E-state index contributed by atoms with van der Waals surface area (Å²) in [4.78, 5) is 2.63. The Morgan fingerprint density at radius 2 is 2.28 bits per heavy atom. The SMILES string of the molecule is Clc1ccc(CN2CCCC3CNCC32)c(Br)c1. The van der Waals surface area contributed by atoms with Crippen LogP contribution in [0.25, 0.3) is 0 Å². The molecule has 98 valence electrons. The van der Waals surface area contributed by atoms with E-state index in [1.807, 2.05) is 12.1 Å². The number of fused-ring (bicyclic) bond motifs is 1. The Hall–Kier alpha value is -0.0900. The van der Waals surface area contributed by atoms with Gasteiger partial charge in [0.15, 0.2) is 0 Å². The van der Waals surface area contributed by atoms with Crippen LogP contribution in [0.1, 0.15) is 18.4 Å². The highest BCUT2D eigenvalue weighted by Gasteiger charge is 2.34. The van der Waals surface area contributed by atoms with Gasteiger partial charge in [0.25, 0.3) is 0 Å². The number of halogens is 2. The van der Waals surface area contributed by atoms with E-state index in [9.17, 15) is 0 Å². The molecule has 0 saturated carbocycles. The molecule has 2 aliphatic heterocycles. The van der Waals surface area contributed by atoms with Crippen molar-refractivity contribution in [3.63, 3.8) is 0 Å². The lowest BCUT2D eigenvalue weighted by atomic mass is 9.91. The highest BCUT2D eigenvalue weighted by molar-refractivity contribution is 9.10. The van der Waals surface area contributed by atoms with Crippen LogP contribution in [0, 0.1) is 5.92 Å². The molecule has 2 atom stereocenters. The van der Waals surface area contributed by atoms with Crippen LogP contribution < -0.4 is 5.32 Å². The fourth-order valence-electron chi connectivity index (χ4n) is 3.23. The van der Waals surface area contributed by atoms with Crippen molar-refractivity contribution in [2.75, 3.05) is 19.6 Å². The minimum absolute atomic E-state index is 0.723. The lowest BCUT2D eigenvalue weighted by Gasteiger charge is -2.37. The van der Waals surface area contributed by atoms with Crippen LogP contribution in [-0.2, 0) is 6.54 Å². The smallest absolute Gasteiger partial charge is 0.0417 e. The summed E-state index contributed by atoms with van der Waals surface area (Å²) in [7, 11) is 0. The fourth-order valence-corrected chi connectivity index (χ4v) is 4.04. The third kappa shape index (κ3) is 2.60. The summed E-state index contributed by atoms with van der Waals surface area (Å²) in [6.07, 6.45) is 2.71. The van der Waals surface area contributed by atoms with Gasteiger partial charge in [-0.2, -0.15) is 0 Å². The van der Waals surface area contributed by atoms with Crippen LogP contribution in [0.3, 0.4) is 0 Å². The van der Waals surface area contributed by atoms with E-state index < -0.39 is 0 Å². The highest BCUT2D eigenvalue weighted by atomic mass is 79.9. The largest absolute Gasteiger partial charge is 0.315 e. The number of likely N-dealkylation sites (tertiary alicyclic amines) is 1. The molecule has 0 aromatic heterocycles. The molecule has 0 bridgehead atoms. The minimum Gasteiger partial charge on any atom is -0.315 e. The molecule has 1 aromatic carbocycles. The third-order valence-corrected chi connectivity index (χ3v) is 5.16. The van der Waals surface area contributed by atoms with Crippen LogP contribution in [0.4, 0.5) is 0 Å². The average Bonchev–Trinajstić information content (AvgIpc) is 2.82. The van der Waals surface area contributed by atoms with E-state index in [0.717, 1.165) is 34.5 Å². The molecular weight excluding hydrogens is 312 g/mol. The molecule has 3 rings (SSSR count). The molecule has 2 fully saturated rings. The molecule has 0 spiro atoms. The summed E-state index contributed by atoms with van der Waals surface area (Å²) in [5.41, 5.74) is 1.34. The molecule has 1 aromatic rings. The Morgan fingerprint density at radius 1 is 1.39 bits per heavy atom. The first-order valence-electron chi connectivity index (χ1n) is 6.63. The maximum Gasteiger partial charge on any atom is 0.0417 e. The monoisotopic (exact) mass is 328 g/mol. The summed E-state index contributed by atoms with van der Waals surface area (Å²) >= 11 is 9.61. The zero-order valence-electron chi connectivity index (χ0n) is 10.3. The van der Waals surface area contributed by atoms with Crippen LogP contribution in [0.15, 0.2) is 22.7 Å². The molecule has 0 aliphatic carbocycles. The van der Waals surface area contributed by atoms with Crippen molar-refractivity contribution in [2.24, 2.45) is 5.92 Å². The van der Waals surface area contributed by atoms with Gasteiger partial charge in [-0.1, -0.05) is 33.6 Å². The number of rotatable bonds is 2. The molecule has 0 radical (unpaired) electrons. The first-order valence-corrected chi connectivity index (χ1v) is 7.80. The molecule has 2 saturated heterocycles. The quantitative estimate of drug-likeness (QED) is 0.896. The summed E-state index contributed by atoms with van der Waals surface area (Å²) in [6, 6.07) is 6.83. The van der Waals surface area contributed by atoms with E-state index in [1.165, 1.54) is 31.5 Å². The maximum absolute atomic E-state index is 6.00. The molecule has 2 heterocycles. The molecule has 2 unspecified atom stereocenters. The number of nitrogens with zero attached hydrogens (tertiary/aromatic N) is 1. The van der Waals surface area contributed by atoms with E-state index >= 15 is 0 Å². The molecule has 2 nitrogen and oxygen atoms in total. The molecule has 2 aliphatic rings. The minimum atomic E-state index is 0.723. The molecule has 4 heteroatoms. The van der Waals surface area contributed by atoms with Crippen molar-refractivity contribution in [1.29, 1.82) is 0 Å². The van der Waals surface area contributed by atoms with Crippen LogP contribution in [0.5, 0.6) is 0 Å². The average molecular weight is 330 g/mol. The van der Waals surface area contributed by atoms with Gasteiger partial charge in [-0.05, 0) is 49.5 Å². The second-order valence-corrected chi connectivity index (χ2v) is 6.62. The first kappa shape index (κ1) is 12.9. The van der Waals surface area contributed by atoms with Gasteiger partial charge in [-0.15, -0.1) is 0 Å². The predicted octanol–water partition coefficient (Wildman–Crippen LogP) is 3.29. The van der Waals surface area contributed by atoms with Gasteiger partial charge in [-0.3, -0.25) is 4.90 Å². The van der Waals surface area contributed by atoms with E-state index in [2.05, 4.69) is 32.2 Å². The van der Waals surface area contributed by atoms with Crippen molar-refractivity contribution in [2.45, 2.75) is 25.4 Å². The van der Waals surface area contributed by atoms with Gasteiger partial charge in [0.05, 0.1) is 0 Å². The Kier molecular flexibility index (Phi) is 3.94. The summed E-state index contributed by atoms with van der Waals surface area (Å²) in [5.74, 6) is 0.852. The van der Waals surface area contributed by atoms with Crippen molar-refractivity contribution >= 4 is 27.5 Å². The second kappa shape index (κ2) is 5.49. The van der Waals surface area contributed by atoms with Crippen molar-refractivity contribution in [1.82, 2.24) is 10.2 Å². The predicted molar refractivity (Wildman–Crippen MR) is 78.9 cm³/mol. The molecule has 0 amide bonds. The van der Waals surface area contributed by atoms with E-state index in [-0.39, 0.29) is 0 Å². The lowest BCUT2D eigenvalue weighted by Crippen LogP contribution is -2.44. The van der Waals surface area contributed by atoms with E-state index in [0.29, 0.717) is 0 Å². The van der Waals surface area contributed by atoms with Crippen molar-refractivity contribution in [3.05, 3.63) is 33.3 Å². The lowest BCUT2D eigenvalue weighted by molar-refractivity contribution is 0.117. The van der Waals surface area contributed by atoms with Crippen molar-refractivity contribution in [3.8, 4) is 0 Å².